The summed E-state index contributed by atoms with van der Waals surface area (Å²) in [4.78, 5) is 4.22. The van der Waals surface area contributed by atoms with Crippen LogP contribution in [0, 0.1) is 0 Å². The van der Waals surface area contributed by atoms with E-state index in [9.17, 15) is 0 Å². The Morgan fingerprint density at radius 2 is 2.26 bits per heavy atom. The summed E-state index contributed by atoms with van der Waals surface area (Å²) in [5.41, 5.74) is 2.29. The Morgan fingerprint density at radius 3 is 2.79 bits per heavy atom. The fourth-order valence-electron chi connectivity index (χ4n) is 2.12. The molecule has 0 spiro atoms. The molecule has 0 saturated heterocycles. The highest BCUT2D eigenvalue weighted by molar-refractivity contribution is 9.10. The second-order valence-corrected chi connectivity index (χ2v) is 5.09. The number of likely N-dealkylation sites (N-methyl/N-ethyl adjacent to an activating group) is 1. The second kappa shape index (κ2) is 6.29. The first-order valence-electron chi connectivity index (χ1n) is 6.47. The smallest absolute Gasteiger partial charge is 0.141 e. The molecule has 2 aromatic heterocycles. The molecule has 2 rings (SSSR count). The predicted octanol–water partition coefficient (Wildman–Crippen LogP) is 1.85. The van der Waals surface area contributed by atoms with Crippen LogP contribution in [0.5, 0.6) is 0 Å². The van der Waals surface area contributed by atoms with Gasteiger partial charge in [-0.25, -0.2) is 4.98 Å². The van der Waals surface area contributed by atoms with Gasteiger partial charge < -0.3 is 5.32 Å². The maximum atomic E-state index is 4.61. The number of aryl methyl sites for hydroxylation is 2. The van der Waals surface area contributed by atoms with Crippen molar-refractivity contribution in [2.45, 2.75) is 39.3 Å². The van der Waals surface area contributed by atoms with Crippen molar-refractivity contribution in [2.75, 3.05) is 7.05 Å². The first-order valence-corrected chi connectivity index (χ1v) is 7.27. The number of aromatic nitrogens is 5. The topological polar surface area (TPSA) is 71.4 Å². The number of nitrogens with zero attached hydrogens (tertiary/aromatic N) is 4. The largest absolute Gasteiger partial charge is 0.310 e. The van der Waals surface area contributed by atoms with Gasteiger partial charge in [-0.3, -0.25) is 9.78 Å². The molecular weight excluding hydrogens is 308 g/mol. The average molecular weight is 327 g/mol. The molecule has 7 heteroatoms. The van der Waals surface area contributed by atoms with Gasteiger partial charge >= 0.3 is 0 Å². The zero-order valence-electron chi connectivity index (χ0n) is 11.4. The van der Waals surface area contributed by atoms with Crippen LogP contribution in [-0.2, 0) is 19.4 Å². The second-order valence-electron chi connectivity index (χ2n) is 4.29. The quantitative estimate of drug-likeness (QED) is 0.849. The van der Waals surface area contributed by atoms with Crippen molar-refractivity contribution >= 4 is 15.9 Å². The lowest BCUT2D eigenvalue weighted by Crippen LogP contribution is -2.22. The highest BCUT2D eigenvalue weighted by atomic mass is 79.9. The number of rotatable bonds is 6. The number of H-pyrrole nitrogens is 1. The van der Waals surface area contributed by atoms with Crippen LogP contribution in [0.15, 0.2) is 10.8 Å². The lowest BCUT2D eigenvalue weighted by atomic mass is 10.1. The van der Waals surface area contributed by atoms with Crippen LogP contribution in [0.4, 0.5) is 0 Å². The maximum Gasteiger partial charge on any atom is 0.141 e. The average Bonchev–Trinajstić information content (AvgIpc) is 3.04. The summed E-state index contributed by atoms with van der Waals surface area (Å²) in [7, 11) is 1.93. The van der Waals surface area contributed by atoms with Crippen LogP contribution in [0.25, 0.3) is 0 Å². The van der Waals surface area contributed by atoms with E-state index in [2.05, 4.69) is 55.4 Å². The molecule has 0 aromatic carbocycles. The van der Waals surface area contributed by atoms with Crippen molar-refractivity contribution in [3.05, 3.63) is 28.0 Å². The molecular formula is C12H19BrN6. The third-order valence-electron chi connectivity index (χ3n) is 3.20. The summed E-state index contributed by atoms with van der Waals surface area (Å²) in [5.74, 6) is 0.844. The molecule has 0 aliphatic heterocycles. The molecule has 0 radical (unpaired) electrons. The molecule has 19 heavy (non-hydrogen) atoms. The molecule has 1 unspecified atom stereocenters. The maximum absolute atomic E-state index is 4.61. The minimum absolute atomic E-state index is 0.102. The normalized spacial score (nSPS) is 12.8. The van der Waals surface area contributed by atoms with Gasteiger partial charge in [0.1, 0.15) is 12.2 Å². The van der Waals surface area contributed by atoms with Crippen LogP contribution < -0.4 is 5.32 Å². The Morgan fingerprint density at radius 1 is 1.47 bits per heavy atom. The lowest BCUT2D eigenvalue weighted by Gasteiger charge is -2.14. The summed E-state index contributed by atoms with van der Waals surface area (Å²) in [6.45, 7) is 5.08. The van der Waals surface area contributed by atoms with E-state index in [4.69, 9.17) is 0 Å². The van der Waals surface area contributed by atoms with Crippen molar-refractivity contribution in [1.29, 1.82) is 0 Å². The van der Waals surface area contributed by atoms with Crippen molar-refractivity contribution in [1.82, 2.24) is 30.3 Å². The summed E-state index contributed by atoms with van der Waals surface area (Å²) in [5, 5.41) is 14.7. The van der Waals surface area contributed by atoms with Gasteiger partial charge in [0.2, 0.25) is 0 Å². The summed E-state index contributed by atoms with van der Waals surface area (Å²) >= 11 is 3.67. The van der Waals surface area contributed by atoms with Crippen molar-refractivity contribution < 1.29 is 0 Å². The SMILES string of the molecule is CCc1nn(CC)c(CC(NC)c2ncn[nH]2)c1Br. The minimum atomic E-state index is 0.102. The van der Waals surface area contributed by atoms with E-state index in [1.807, 2.05) is 11.7 Å². The Hall–Kier alpha value is -1.21. The first kappa shape index (κ1) is 14.2. The molecule has 0 saturated carbocycles. The summed E-state index contributed by atoms with van der Waals surface area (Å²) in [6.07, 6.45) is 3.27. The lowest BCUT2D eigenvalue weighted by molar-refractivity contribution is 0.520. The van der Waals surface area contributed by atoms with E-state index in [0.717, 1.165) is 35.4 Å². The van der Waals surface area contributed by atoms with E-state index in [1.54, 1.807) is 0 Å². The molecule has 2 N–H and O–H groups in total. The number of hydrogen-bond donors (Lipinski definition) is 2. The van der Waals surface area contributed by atoms with Gasteiger partial charge in [0.25, 0.3) is 0 Å². The van der Waals surface area contributed by atoms with Gasteiger partial charge in [-0.15, -0.1) is 0 Å². The number of nitrogens with one attached hydrogen (secondary N) is 2. The van der Waals surface area contributed by atoms with Crippen LogP contribution in [0.2, 0.25) is 0 Å². The van der Waals surface area contributed by atoms with Crippen LogP contribution >= 0.6 is 15.9 Å². The van der Waals surface area contributed by atoms with Gasteiger partial charge in [0, 0.05) is 13.0 Å². The molecule has 2 aromatic rings. The fraction of sp³-hybridized carbons (Fsp3) is 0.583. The Bertz CT molecular complexity index is 519. The molecule has 0 bridgehead atoms. The summed E-state index contributed by atoms with van der Waals surface area (Å²) in [6, 6.07) is 0.102. The van der Waals surface area contributed by atoms with Gasteiger partial charge in [0.05, 0.1) is 21.9 Å². The van der Waals surface area contributed by atoms with E-state index in [-0.39, 0.29) is 6.04 Å². The first-order chi connectivity index (χ1) is 9.21. The third-order valence-corrected chi connectivity index (χ3v) is 4.12. The Labute approximate surface area is 121 Å². The van der Waals surface area contributed by atoms with Gasteiger partial charge in [-0.2, -0.15) is 10.2 Å². The highest BCUT2D eigenvalue weighted by Gasteiger charge is 2.20. The number of aromatic amines is 1. The van der Waals surface area contributed by atoms with Gasteiger partial charge in [-0.05, 0) is 36.3 Å². The van der Waals surface area contributed by atoms with Crippen molar-refractivity contribution in [3.63, 3.8) is 0 Å². The highest BCUT2D eigenvalue weighted by Crippen LogP contribution is 2.26. The van der Waals surface area contributed by atoms with E-state index < -0.39 is 0 Å². The molecule has 0 aliphatic carbocycles. The number of halogens is 1. The monoisotopic (exact) mass is 326 g/mol. The van der Waals surface area contributed by atoms with E-state index in [0.29, 0.717) is 0 Å². The van der Waals surface area contributed by atoms with Crippen molar-refractivity contribution in [2.24, 2.45) is 0 Å². The third kappa shape index (κ3) is 2.87. The Balaban J connectivity index is 2.29. The predicted molar refractivity (Wildman–Crippen MR) is 76.9 cm³/mol. The molecule has 104 valence electrons. The summed E-state index contributed by atoms with van der Waals surface area (Å²) < 4.78 is 3.15. The zero-order valence-corrected chi connectivity index (χ0v) is 13.0. The van der Waals surface area contributed by atoms with Gasteiger partial charge in [-0.1, -0.05) is 6.92 Å². The molecule has 0 fully saturated rings. The molecule has 0 aliphatic rings. The zero-order chi connectivity index (χ0) is 13.8. The number of hydrogen-bond acceptors (Lipinski definition) is 4. The standard InChI is InChI=1S/C12H19BrN6/c1-4-8-11(13)10(19(5-2)18-8)6-9(14-3)12-15-7-16-17-12/h7,9,14H,4-6H2,1-3H3,(H,15,16,17). The van der Waals surface area contributed by atoms with Crippen LogP contribution in [-0.4, -0.2) is 32.0 Å². The molecule has 6 nitrogen and oxygen atoms in total. The van der Waals surface area contributed by atoms with E-state index >= 15 is 0 Å². The van der Waals surface area contributed by atoms with Crippen LogP contribution in [0.3, 0.4) is 0 Å². The van der Waals surface area contributed by atoms with Crippen molar-refractivity contribution in [3.8, 4) is 0 Å². The van der Waals surface area contributed by atoms with E-state index in [1.165, 1.54) is 12.0 Å². The molecule has 0 amide bonds. The minimum Gasteiger partial charge on any atom is -0.310 e. The van der Waals surface area contributed by atoms with Gasteiger partial charge in [0.15, 0.2) is 0 Å². The van der Waals surface area contributed by atoms with Crippen LogP contribution in [0.1, 0.15) is 37.1 Å². The fourth-order valence-corrected chi connectivity index (χ4v) is 2.85. The molecule has 2 heterocycles. The molecule has 1 atom stereocenters. The Kier molecular flexibility index (Phi) is 4.71.